The van der Waals surface area contributed by atoms with E-state index >= 15 is 0 Å². The summed E-state index contributed by atoms with van der Waals surface area (Å²) in [5.74, 6) is 2.01. The predicted molar refractivity (Wildman–Crippen MR) is 145 cm³/mol. The highest BCUT2D eigenvalue weighted by molar-refractivity contribution is 7.22. The molecule has 4 rings (SSSR count). The Labute approximate surface area is 218 Å². The summed E-state index contributed by atoms with van der Waals surface area (Å²) in [4.78, 5) is 16.9. The molecule has 0 atom stereocenters. The van der Waals surface area contributed by atoms with Crippen molar-refractivity contribution in [3.8, 4) is 23.0 Å². The number of anilines is 1. The van der Waals surface area contributed by atoms with Crippen molar-refractivity contribution in [3.63, 3.8) is 0 Å². The molecular weight excluding hydrogens is 500 g/mol. The minimum atomic E-state index is -0.294. The molecule has 1 heterocycles. The summed E-state index contributed by atoms with van der Waals surface area (Å²) in [6.07, 6.45) is 3.88. The Morgan fingerprint density at radius 1 is 0.944 bits per heavy atom. The van der Waals surface area contributed by atoms with Crippen LogP contribution in [0.3, 0.4) is 0 Å². The van der Waals surface area contributed by atoms with Crippen molar-refractivity contribution in [1.82, 2.24) is 4.98 Å². The maximum atomic E-state index is 12.5. The van der Waals surface area contributed by atoms with Crippen LogP contribution in [0.4, 0.5) is 5.13 Å². The first kappa shape index (κ1) is 25.3. The van der Waals surface area contributed by atoms with Crippen LogP contribution in [0.2, 0.25) is 5.02 Å². The SMILES string of the molecule is COc1cc(/C=C\c2ccc(C)c(OCC(=O)Nc3nc4ccc(Cl)cc4s3)c2)cc(OC)c1OC. The Bertz CT molecular complexity index is 1410. The van der Waals surface area contributed by atoms with E-state index in [0.717, 1.165) is 26.9 Å². The molecule has 186 valence electrons. The van der Waals surface area contributed by atoms with Crippen molar-refractivity contribution in [1.29, 1.82) is 0 Å². The van der Waals surface area contributed by atoms with Gasteiger partial charge in [-0.15, -0.1) is 0 Å². The number of hydrogen-bond acceptors (Lipinski definition) is 7. The number of nitrogens with one attached hydrogen (secondary N) is 1. The molecule has 0 saturated carbocycles. The van der Waals surface area contributed by atoms with Crippen molar-refractivity contribution in [3.05, 3.63) is 70.2 Å². The summed E-state index contributed by atoms with van der Waals surface area (Å²) in [5, 5.41) is 3.91. The molecule has 0 radical (unpaired) electrons. The second-order valence-electron chi connectivity index (χ2n) is 7.78. The summed E-state index contributed by atoms with van der Waals surface area (Å²) in [5.41, 5.74) is 3.49. The molecule has 7 nitrogen and oxygen atoms in total. The highest BCUT2D eigenvalue weighted by Gasteiger charge is 2.13. The van der Waals surface area contributed by atoms with Crippen LogP contribution < -0.4 is 24.3 Å². The lowest BCUT2D eigenvalue weighted by atomic mass is 10.1. The van der Waals surface area contributed by atoms with Crippen LogP contribution >= 0.6 is 22.9 Å². The number of nitrogens with zero attached hydrogens (tertiary/aromatic N) is 1. The number of amides is 1. The van der Waals surface area contributed by atoms with Gasteiger partial charge in [0.1, 0.15) is 5.75 Å². The van der Waals surface area contributed by atoms with Gasteiger partial charge in [0.2, 0.25) is 5.75 Å². The molecule has 1 aromatic heterocycles. The number of methoxy groups -OCH3 is 3. The summed E-state index contributed by atoms with van der Waals surface area (Å²) in [6, 6.07) is 14.9. The van der Waals surface area contributed by atoms with Gasteiger partial charge in [0.25, 0.3) is 5.91 Å². The Kier molecular flexibility index (Phi) is 7.97. The number of rotatable bonds is 9. The number of carbonyl (C=O) groups is 1. The number of aromatic nitrogens is 1. The maximum absolute atomic E-state index is 12.5. The molecule has 1 amide bonds. The zero-order valence-corrected chi connectivity index (χ0v) is 21.8. The van der Waals surface area contributed by atoms with E-state index in [1.165, 1.54) is 11.3 Å². The van der Waals surface area contributed by atoms with Crippen LogP contribution in [0.25, 0.3) is 22.4 Å². The van der Waals surface area contributed by atoms with Gasteiger partial charge in [-0.3, -0.25) is 10.1 Å². The molecule has 1 N–H and O–H groups in total. The molecule has 0 unspecified atom stereocenters. The first-order valence-electron chi connectivity index (χ1n) is 11.0. The van der Waals surface area contributed by atoms with E-state index in [2.05, 4.69) is 10.3 Å². The van der Waals surface area contributed by atoms with Gasteiger partial charge in [-0.1, -0.05) is 47.2 Å². The van der Waals surface area contributed by atoms with Crippen LogP contribution in [0, 0.1) is 6.92 Å². The lowest BCUT2D eigenvalue weighted by Crippen LogP contribution is -2.20. The number of thiazole rings is 1. The van der Waals surface area contributed by atoms with Crippen LogP contribution in [0.15, 0.2) is 48.5 Å². The largest absolute Gasteiger partial charge is 0.493 e. The van der Waals surface area contributed by atoms with E-state index in [4.69, 9.17) is 30.5 Å². The molecule has 0 fully saturated rings. The predicted octanol–water partition coefficient (Wildman–Crippen LogP) is 6.47. The van der Waals surface area contributed by atoms with E-state index in [9.17, 15) is 4.79 Å². The monoisotopic (exact) mass is 524 g/mol. The van der Waals surface area contributed by atoms with E-state index in [-0.39, 0.29) is 12.5 Å². The Morgan fingerprint density at radius 3 is 2.33 bits per heavy atom. The smallest absolute Gasteiger partial charge is 0.264 e. The standard InChI is InChI=1S/C27H25ClN2O5S/c1-16-5-6-17(7-8-18-12-22(32-2)26(34-4)23(13-18)33-3)11-21(16)35-15-25(31)30-27-29-20-10-9-19(28)14-24(20)36-27/h5-14H,15H2,1-4H3,(H,29,30,31)/b8-7-. The average molecular weight is 525 g/mol. The highest BCUT2D eigenvalue weighted by Crippen LogP contribution is 2.38. The molecule has 4 aromatic rings. The summed E-state index contributed by atoms with van der Waals surface area (Å²) in [6.45, 7) is 1.79. The van der Waals surface area contributed by atoms with Crippen LogP contribution in [0.5, 0.6) is 23.0 Å². The topological polar surface area (TPSA) is 78.9 Å². The molecular formula is C27H25ClN2O5S. The first-order valence-corrected chi connectivity index (χ1v) is 12.2. The number of hydrogen-bond donors (Lipinski definition) is 1. The van der Waals surface area contributed by atoms with Crippen molar-refractivity contribution < 1.29 is 23.7 Å². The zero-order chi connectivity index (χ0) is 25.7. The zero-order valence-electron chi connectivity index (χ0n) is 20.3. The Morgan fingerprint density at radius 2 is 1.64 bits per heavy atom. The fourth-order valence-corrected chi connectivity index (χ4v) is 4.67. The lowest BCUT2D eigenvalue weighted by Gasteiger charge is -2.13. The van der Waals surface area contributed by atoms with E-state index in [1.807, 2.05) is 61.5 Å². The third-order valence-electron chi connectivity index (χ3n) is 5.32. The van der Waals surface area contributed by atoms with Gasteiger partial charge in [0, 0.05) is 5.02 Å². The molecule has 0 aliphatic carbocycles. The summed E-state index contributed by atoms with van der Waals surface area (Å²) < 4.78 is 22.9. The normalized spacial score (nSPS) is 11.0. The molecule has 0 aliphatic rings. The van der Waals surface area contributed by atoms with Crippen molar-refractivity contribution in [2.45, 2.75) is 6.92 Å². The average Bonchev–Trinajstić information content (AvgIpc) is 3.27. The quantitative estimate of drug-likeness (QED) is 0.253. The van der Waals surface area contributed by atoms with Gasteiger partial charge >= 0.3 is 0 Å². The van der Waals surface area contributed by atoms with Crippen molar-refractivity contribution >= 4 is 56.3 Å². The van der Waals surface area contributed by atoms with E-state index < -0.39 is 0 Å². The fourth-order valence-electron chi connectivity index (χ4n) is 3.52. The highest BCUT2D eigenvalue weighted by atomic mass is 35.5. The number of benzene rings is 3. The Hall–Kier alpha value is -3.75. The molecule has 9 heteroatoms. The summed E-state index contributed by atoms with van der Waals surface area (Å²) in [7, 11) is 4.73. The maximum Gasteiger partial charge on any atom is 0.264 e. The van der Waals surface area contributed by atoms with Crippen molar-refractivity contribution in [2.75, 3.05) is 33.3 Å². The van der Waals surface area contributed by atoms with Crippen LogP contribution in [-0.4, -0.2) is 38.8 Å². The fraction of sp³-hybridized carbons (Fsp3) is 0.185. The molecule has 0 bridgehead atoms. The minimum Gasteiger partial charge on any atom is -0.493 e. The van der Waals surface area contributed by atoms with Crippen molar-refractivity contribution in [2.24, 2.45) is 0 Å². The molecule has 36 heavy (non-hydrogen) atoms. The number of aryl methyl sites for hydroxylation is 1. The second kappa shape index (κ2) is 11.3. The number of carbonyl (C=O) groups excluding carboxylic acids is 1. The third kappa shape index (κ3) is 5.90. The third-order valence-corrected chi connectivity index (χ3v) is 6.49. The lowest BCUT2D eigenvalue weighted by molar-refractivity contribution is -0.118. The molecule has 3 aromatic carbocycles. The van der Waals surface area contributed by atoms with Gasteiger partial charge in [-0.05, 0) is 60.0 Å². The van der Waals surface area contributed by atoms with Crippen LogP contribution in [-0.2, 0) is 4.79 Å². The van der Waals surface area contributed by atoms with Gasteiger partial charge in [0.05, 0.1) is 31.5 Å². The van der Waals surface area contributed by atoms with E-state index in [1.54, 1.807) is 27.4 Å². The minimum absolute atomic E-state index is 0.141. The van der Waals surface area contributed by atoms with Gasteiger partial charge < -0.3 is 18.9 Å². The van der Waals surface area contributed by atoms with Gasteiger partial charge in [0.15, 0.2) is 23.2 Å². The Balaban J connectivity index is 1.43. The van der Waals surface area contributed by atoms with Crippen LogP contribution in [0.1, 0.15) is 16.7 Å². The summed E-state index contributed by atoms with van der Waals surface area (Å²) >= 11 is 7.39. The first-order chi connectivity index (χ1) is 17.4. The number of fused-ring (bicyclic) bond motifs is 1. The second-order valence-corrected chi connectivity index (χ2v) is 9.25. The number of ether oxygens (including phenoxy) is 4. The molecule has 0 spiro atoms. The molecule has 0 aliphatic heterocycles. The van der Waals surface area contributed by atoms with Gasteiger partial charge in [-0.2, -0.15) is 0 Å². The number of halogens is 1. The molecule has 0 saturated heterocycles. The van der Waals surface area contributed by atoms with Gasteiger partial charge in [-0.25, -0.2) is 4.98 Å². The van der Waals surface area contributed by atoms with E-state index in [0.29, 0.717) is 33.2 Å².